The van der Waals surface area contributed by atoms with Crippen LogP contribution >= 0.6 is 0 Å². The highest BCUT2D eigenvalue weighted by Crippen LogP contribution is 2.19. The van der Waals surface area contributed by atoms with Crippen LogP contribution < -0.4 is 5.32 Å². The van der Waals surface area contributed by atoms with Crippen molar-refractivity contribution < 1.29 is 9.50 Å². The SMILES string of the molecule is CC[C@H](NCCO)c1ccccc1F. The number of hydrogen-bond acceptors (Lipinski definition) is 2. The molecule has 78 valence electrons. The highest BCUT2D eigenvalue weighted by atomic mass is 19.1. The van der Waals surface area contributed by atoms with Gasteiger partial charge in [-0.15, -0.1) is 0 Å². The fourth-order valence-corrected chi connectivity index (χ4v) is 1.47. The summed E-state index contributed by atoms with van der Waals surface area (Å²) in [6.07, 6.45) is 0.806. The lowest BCUT2D eigenvalue weighted by atomic mass is 10.0. The second-order valence-corrected chi connectivity index (χ2v) is 3.16. The number of rotatable bonds is 5. The molecule has 1 atom stereocenters. The molecule has 3 heteroatoms. The van der Waals surface area contributed by atoms with E-state index in [0.29, 0.717) is 12.1 Å². The highest BCUT2D eigenvalue weighted by molar-refractivity contribution is 5.20. The molecule has 0 unspecified atom stereocenters. The van der Waals surface area contributed by atoms with Crippen LogP contribution in [0.4, 0.5) is 4.39 Å². The number of halogens is 1. The Labute approximate surface area is 83.8 Å². The van der Waals surface area contributed by atoms with Gasteiger partial charge in [0.2, 0.25) is 0 Å². The first-order valence-electron chi connectivity index (χ1n) is 4.88. The zero-order valence-corrected chi connectivity index (χ0v) is 8.33. The molecule has 0 aliphatic heterocycles. The average molecular weight is 197 g/mol. The summed E-state index contributed by atoms with van der Waals surface area (Å²) in [6, 6.07) is 6.72. The van der Waals surface area contributed by atoms with Crippen LogP contribution in [0, 0.1) is 5.82 Å². The van der Waals surface area contributed by atoms with Gasteiger partial charge in [-0.05, 0) is 12.5 Å². The lowest BCUT2D eigenvalue weighted by Crippen LogP contribution is -2.24. The van der Waals surface area contributed by atoms with Crippen molar-refractivity contribution in [1.82, 2.24) is 5.32 Å². The first-order valence-corrected chi connectivity index (χ1v) is 4.88. The standard InChI is InChI=1S/C11H16FNO/c1-2-11(13-7-8-14)9-5-3-4-6-10(9)12/h3-6,11,13-14H,2,7-8H2,1H3/t11-/m0/s1. The van der Waals surface area contributed by atoms with E-state index in [0.717, 1.165) is 6.42 Å². The lowest BCUT2D eigenvalue weighted by molar-refractivity contribution is 0.282. The number of aliphatic hydroxyl groups excluding tert-OH is 1. The van der Waals surface area contributed by atoms with Crippen LogP contribution in [0.1, 0.15) is 24.9 Å². The molecule has 1 rings (SSSR count). The molecule has 0 heterocycles. The molecule has 2 nitrogen and oxygen atoms in total. The van der Waals surface area contributed by atoms with E-state index >= 15 is 0 Å². The van der Waals surface area contributed by atoms with E-state index in [1.807, 2.05) is 13.0 Å². The van der Waals surface area contributed by atoms with Crippen LogP contribution in [0.5, 0.6) is 0 Å². The molecule has 0 saturated carbocycles. The van der Waals surface area contributed by atoms with Gasteiger partial charge in [-0.25, -0.2) is 4.39 Å². The van der Waals surface area contributed by atoms with Crippen molar-refractivity contribution in [2.24, 2.45) is 0 Å². The molecular weight excluding hydrogens is 181 g/mol. The maximum atomic E-state index is 13.4. The molecule has 0 aliphatic carbocycles. The lowest BCUT2D eigenvalue weighted by Gasteiger charge is -2.17. The van der Waals surface area contributed by atoms with Gasteiger partial charge in [-0.1, -0.05) is 25.1 Å². The second-order valence-electron chi connectivity index (χ2n) is 3.16. The Hall–Kier alpha value is -0.930. The summed E-state index contributed by atoms with van der Waals surface area (Å²) in [5.41, 5.74) is 0.670. The zero-order valence-electron chi connectivity index (χ0n) is 8.33. The van der Waals surface area contributed by atoms with Crippen molar-refractivity contribution in [2.75, 3.05) is 13.2 Å². The van der Waals surface area contributed by atoms with Crippen molar-refractivity contribution >= 4 is 0 Å². The maximum absolute atomic E-state index is 13.4. The average Bonchev–Trinajstić information content (AvgIpc) is 2.21. The Bertz CT molecular complexity index is 278. The molecule has 0 saturated heterocycles. The fraction of sp³-hybridized carbons (Fsp3) is 0.455. The monoisotopic (exact) mass is 197 g/mol. The van der Waals surface area contributed by atoms with Crippen LogP contribution in [0.15, 0.2) is 24.3 Å². The first-order chi connectivity index (χ1) is 6.79. The van der Waals surface area contributed by atoms with Gasteiger partial charge in [0.1, 0.15) is 5.82 Å². The van der Waals surface area contributed by atoms with Gasteiger partial charge in [0, 0.05) is 18.2 Å². The summed E-state index contributed by atoms with van der Waals surface area (Å²) in [7, 11) is 0. The minimum Gasteiger partial charge on any atom is -0.395 e. The van der Waals surface area contributed by atoms with Gasteiger partial charge in [0.05, 0.1) is 6.61 Å². The van der Waals surface area contributed by atoms with Crippen molar-refractivity contribution in [2.45, 2.75) is 19.4 Å². The van der Waals surface area contributed by atoms with Crippen molar-refractivity contribution in [3.8, 4) is 0 Å². The topological polar surface area (TPSA) is 32.3 Å². The summed E-state index contributed by atoms with van der Waals surface area (Å²) in [5.74, 6) is -0.190. The van der Waals surface area contributed by atoms with E-state index in [9.17, 15) is 4.39 Å². The molecule has 0 bridgehead atoms. The third kappa shape index (κ3) is 2.79. The maximum Gasteiger partial charge on any atom is 0.127 e. The number of nitrogens with one attached hydrogen (secondary N) is 1. The molecule has 0 amide bonds. The number of benzene rings is 1. The van der Waals surface area contributed by atoms with E-state index in [1.54, 1.807) is 12.1 Å². The predicted molar refractivity (Wildman–Crippen MR) is 54.5 cm³/mol. The van der Waals surface area contributed by atoms with Gasteiger partial charge in [-0.3, -0.25) is 0 Å². The molecule has 14 heavy (non-hydrogen) atoms. The third-order valence-corrected chi connectivity index (χ3v) is 2.19. The van der Waals surface area contributed by atoms with Crippen molar-refractivity contribution in [3.63, 3.8) is 0 Å². The van der Waals surface area contributed by atoms with Crippen molar-refractivity contribution in [3.05, 3.63) is 35.6 Å². The van der Waals surface area contributed by atoms with E-state index in [2.05, 4.69) is 5.32 Å². The summed E-state index contributed by atoms with van der Waals surface area (Å²) < 4.78 is 13.4. The first kappa shape index (κ1) is 11.1. The highest BCUT2D eigenvalue weighted by Gasteiger charge is 2.11. The van der Waals surface area contributed by atoms with Crippen LogP contribution in [-0.4, -0.2) is 18.3 Å². The van der Waals surface area contributed by atoms with Gasteiger partial charge in [0.25, 0.3) is 0 Å². The summed E-state index contributed by atoms with van der Waals surface area (Å²) in [6.45, 7) is 2.55. The van der Waals surface area contributed by atoms with Crippen LogP contribution in [-0.2, 0) is 0 Å². The van der Waals surface area contributed by atoms with Gasteiger partial charge >= 0.3 is 0 Å². The second kappa shape index (κ2) is 5.73. The van der Waals surface area contributed by atoms with E-state index in [4.69, 9.17) is 5.11 Å². The normalized spacial score (nSPS) is 12.8. The Morgan fingerprint density at radius 1 is 1.43 bits per heavy atom. The van der Waals surface area contributed by atoms with E-state index in [1.165, 1.54) is 6.07 Å². The van der Waals surface area contributed by atoms with Gasteiger partial charge in [-0.2, -0.15) is 0 Å². The minimum absolute atomic E-state index is 0.0108. The molecule has 0 aromatic heterocycles. The Balaban J connectivity index is 2.73. The molecule has 2 N–H and O–H groups in total. The summed E-state index contributed by atoms with van der Waals surface area (Å²) in [4.78, 5) is 0. The number of hydrogen-bond donors (Lipinski definition) is 2. The minimum atomic E-state index is -0.190. The largest absolute Gasteiger partial charge is 0.395 e. The zero-order chi connectivity index (χ0) is 10.4. The Morgan fingerprint density at radius 3 is 2.71 bits per heavy atom. The van der Waals surface area contributed by atoms with Gasteiger partial charge < -0.3 is 10.4 Å². The van der Waals surface area contributed by atoms with E-state index < -0.39 is 0 Å². The Morgan fingerprint density at radius 2 is 2.14 bits per heavy atom. The molecule has 0 spiro atoms. The van der Waals surface area contributed by atoms with Crippen LogP contribution in [0.3, 0.4) is 0 Å². The number of aliphatic hydroxyl groups is 1. The van der Waals surface area contributed by atoms with Crippen molar-refractivity contribution in [1.29, 1.82) is 0 Å². The molecule has 0 fully saturated rings. The smallest absolute Gasteiger partial charge is 0.127 e. The summed E-state index contributed by atoms with van der Waals surface area (Å²) in [5, 5.41) is 11.8. The van der Waals surface area contributed by atoms with Crippen LogP contribution in [0.25, 0.3) is 0 Å². The molecule has 1 aromatic carbocycles. The fourth-order valence-electron chi connectivity index (χ4n) is 1.47. The van der Waals surface area contributed by atoms with E-state index in [-0.39, 0.29) is 18.5 Å². The predicted octanol–water partition coefficient (Wildman–Crippen LogP) is 1.86. The molecule has 1 aromatic rings. The quantitative estimate of drug-likeness (QED) is 0.755. The molecule has 0 aliphatic rings. The van der Waals surface area contributed by atoms with Crippen LogP contribution in [0.2, 0.25) is 0 Å². The summed E-state index contributed by atoms with van der Waals surface area (Å²) >= 11 is 0. The molecular formula is C11H16FNO. The van der Waals surface area contributed by atoms with Gasteiger partial charge in [0.15, 0.2) is 0 Å². The Kier molecular flexibility index (Phi) is 4.56. The third-order valence-electron chi connectivity index (χ3n) is 2.19. The molecule has 0 radical (unpaired) electrons.